The lowest BCUT2D eigenvalue weighted by atomic mass is 10.0. The third kappa shape index (κ3) is 3.03. The van der Waals surface area contributed by atoms with E-state index in [0.29, 0.717) is 6.04 Å². The molecule has 1 atom stereocenters. The Morgan fingerprint density at radius 2 is 2.11 bits per heavy atom. The van der Waals surface area contributed by atoms with Crippen LogP contribution in [0.3, 0.4) is 0 Å². The van der Waals surface area contributed by atoms with Crippen LogP contribution in [0.1, 0.15) is 17.5 Å². The molecule has 1 fully saturated rings. The highest BCUT2D eigenvalue weighted by molar-refractivity contribution is 7.95. The fraction of sp³-hybridized carbons (Fsp3) is 0.500. The molecular formula is C14H18N4S. The molecule has 1 saturated heterocycles. The van der Waals surface area contributed by atoms with E-state index in [-0.39, 0.29) is 0 Å². The Kier molecular flexibility index (Phi) is 3.92. The van der Waals surface area contributed by atoms with E-state index in [2.05, 4.69) is 39.5 Å². The van der Waals surface area contributed by atoms with Gasteiger partial charge in [0.05, 0.1) is 0 Å². The molecule has 1 unspecified atom stereocenters. The molecule has 0 amide bonds. The molecule has 1 aromatic carbocycles. The zero-order chi connectivity index (χ0) is 13.1. The summed E-state index contributed by atoms with van der Waals surface area (Å²) in [5.41, 5.74) is 2.92. The maximum Gasteiger partial charge on any atom is 0.179 e. The van der Waals surface area contributed by atoms with Crippen molar-refractivity contribution >= 4 is 12.1 Å². The highest BCUT2D eigenvalue weighted by atomic mass is 32.2. The predicted octanol–water partition coefficient (Wildman–Crippen LogP) is 1.75. The van der Waals surface area contributed by atoms with E-state index in [9.17, 15) is 0 Å². The Balaban J connectivity index is 1.49. The van der Waals surface area contributed by atoms with Crippen LogP contribution in [-0.2, 0) is 13.0 Å². The van der Waals surface area contributed by atoms with Crippen molar-refractivity contribution in [1.82, 2.24) is 13.9 Å². The van der Waals surface area contributed by atoms with Gasteiger partial charge in [-0.25, -0.2) is 9.03 Å². The molecule has 0 spiro atoms. The molecule has 0 aromatic heterocycles. The van der Waals surface area contributed by atoms with E-state index in [1.165, 1.54) is 11.1 Å². The van der Waals surface area contributed by atoms with Crippen LogP contribution < -0.4 is 4.72 Å². The van der Waals surface area contributed by atoms with Gasteiger partial charge in [-0.05, 0) is 24.0 Å². The monoisotopic (exact) mass is 274 g/mol. The smallest absolute Gasteiger partial charge is 0.179 e. The van der Waals surface area contributed by atoms with Gasteiger partial charge in [-0.2, -0.15) is 5.26 Å². The molecule has 100 valence electrons. The number of likely N-dealkylation sites (tertiary alicyclic amines) is 1. The van der Waals surface area contributed by atoms with E-state index in [4.69, 9.17) is 5.26 Å². The minimum Gasteiger partial charge on any atom is -0.309 e. The number of fused-ring (bicyclic) bond motifs is 1. The SMILES string of the molecule is N#CN1CCC(NSN2CCc3ccccc3C2)C1. The van der Waals surface area contributed by atoms with Crippen LogP contribution in [0.2, 0.25) is 0 Å². The summed E-state index contributed by atoms with van der Waals surface area (Å²) in [5, 5.41) is 8.84. The summed E-state index contributed by atoms with van der Waals surface area (Å²) in [7, 11) is 0. The number of hydrogen-bond donors (Lipinski definition) is 1. The molecule has 2 aliphatic heterocycles. The van der Waals surface area contributed by atoms with E-state index >= 15 is 0 Å². The summed E-state index contributed by atoms with van der Waals surface area (Å²) in [4.78, 5) is 1.82. The summed E-state index contributed by atoms with van der Waals surface area (Å²) in [6.45, 7) is 3.82. The molecule has 0 bridgehead atoms. The van der Waals surface area contributed by atoms with Gasteiger partial charge in [-0.3, -0.25) is 0 Å². The maximum absolute atomic E-state index is 8.84. The van der Waals surface area contributed by atoms with Gasteiger partial charge >= 0.3 is 0 Å². The lowest BCUT2D eigenvalue weighted by molar-refractivity contribution is 0.435. The average molecular weight is 274 g/mol. The number of benzene rings is 1. The lowest BCUT2D eigenvalue weighted by Crippen LogP contribution is -2.33. The third-order valence-electron chi connectivity index (χ3n) is 3.77. The van der Waals surface area contributed by atoms with Crippen molar-refractivity contribution in [2.45, 2.75) is 25.4 Å². The van der Waals surface area contributed by atoms with Gasteiger partial charge in [-0.15, -0.1) is 0 Å². The zero-order valence-corrected chi connectivity index (χ0v) is 11.7. The van der Waals surface area contributed by atoms with Gasteiger partial charge < -0.3 is 4.90 Å². The summed E-state index contributed by atoms with van der Waals surface area (Å²) >= 11 is 1.72. The third-order valence-corrected chi connectivity index (χ3v) is 4.78. The van der Waals surface area contributed by atoms with Crippen molar-refractivity contribution in [3.8, 4) is 6.19 Å². The number of rotatable bonds is 3. The second kappa shape index (κ2) is 5.83. The predicted molar refractivity (Wildman–Crippen MR) is 76.9 cm³/mol. The van der Waals surface area contributed by atoms with E-state index in [1.54, 1.807) is 12.1 Å². The molecule has 1 N–H and O–H groups in total. The van der Waals surface area contributed by atoms with Crippen molar-refractivity contribution in [1.29, 1.82) is 5.26 Å². The topological polar surface area (TPSA) is 42.3 Å². The van der Waals surface area contributed by atoms with Crippen LogP contribution >= 0.6 is 12.1 Å². The van der Waals surface area contributed by atoms with Crippen LogP contribution in [0.5, 0.6) is 0 Å². The molecule has 3 rings (SSSR count). The van der Waals surface area contributed by atoms with Gasteiger partial charge in [0, 0.05) is 44.4 Å². The summed E-state index contributed by atoms with van der Waals surface area (Å²) in [5.74, 6) is 0. The average Bonchev–Trinajstić information content (AvgIpc) is 2.93. The highest BCUT2D eigenvalue weighted by Crippen LogP contribution is 2.23. The first-order valence-electron chi connectivity index (χ1n) is 6.74. The maximum atomic E-state index is 8.84. The zero-order valence-electron chi connectivity index (χ0n) is 10.9. The Morgan fingerprint density at radius 3 is 2.89 bits per heavy atom. The van der Waals surface area contributed by atoms with Gasteiger partial charge in [0.2, 0.25) is 0 Å². The van der Waals surface area contributed by atoms with E-state index in [1.807, 2.05) is 4.90 Å². The normalized spacial score (nSPS) is 23.1. The molecule has 0 saturated carbocycles. The fourth-order valence-electron chi connectivity index (χ4n) is 2.64. The van der Waals surface area contributed by atoms with Crippen molar-refractivity contribution < 1.29 is 0 Å². The molecule has 19 heavy (non-hydrogen) atoms. The number of nitrogens with one attached hydrogen (secondary N) is 1. The minimum atomic E-state index is 0.432. The van der Waals surface area contributed by atoms with Crippen LogP contribution in [0.25, 0.3) is 0 Å². The molecule has 1 aromatic rings. The quantitative estimate of drug-likeness (QED) is 0.672. The van der Waals surface area contributed by atoms with Crippen molar-refractivity contribution in [2.24, 2.45) is 0 Å². The second-order valence-electron chi connectivity index (χ2n) is 5.12. The molecule has 5 heteroatoms. The van der Waals surface area contributed by atoms with Crippen LogP contribution in [0.4, 0.5) is 0 Å². The minimum absolute atomic E-state index is 0.432. The Bertz CT molecular complexity index is 485. The van der Waals surface area contributed by atoms with Crippen LogP contribution in [-0.4, -0.2) is 34.9 Å². The number of nitrogens with zero attached hydrogens (tertiary/aromatic N) is 3. The molecule has 2 heterocycles. The van der Waals surface area contributed by atoms with Gasteiger partial charge in [-0.1, -0.05) is 24.3 Å². The molecule has 0 aliphatic carbocycles. The molecular weight excluding hydrogens is 256 g/mol. The van der Waals surface area contributed by atoms with Crippen molar-refractivity contribution in [3.63, 3.8) is 0 Å². The van der Waals surface area contributed by atoms with Gasteiger partial charge in [0.1, 0.15) is 0 Å². The Labute approximate surface area is 118 Å². The van der Waals surface area contributed by atoms with Gasteiger partial charge in [0.25, 0.3) is 0 Å². The van der Waals surface area contributed by atoms with Crippen LogP contribution in [0.15, 0.2) is 24.3 Å². The number of hydrogen-bond acceptors (Lipinski definition) is 5. The number of nitriles is 1. The first-order chi connectivity index (χ1) is 9.35. The van der Waals surface area contributed by atoms with Gasteiger partial charge in [0.15, 0.2) is 6.19 Å². The van der Waals surface area contributed by atoms with Crippen molar-refractivity contribution in [2.75, 3.05) is 19.6 Å². The van der Waals surface area contributed by atoms with E-state index < -0.39 is 0 Å². The summed E-state index contributed by atoms with van der Waals surface area (Å²) in [6, 6.07) is 9.11. The molecule has 0 radical (unpaired) electrons. The Morgan fingerprint density at radius 1 is 1.26 bits per heavy atom. The lowest BCUT2D eigenvalue weighted by Gasteiger charge is -2.28. The second-order valence-corrected chi connectivity index (χ2v) is 6.06. The van der Waals surface area contributed by atoms with Crippen molar-refractivity contribution in [3.05, 3.63) is 35.4 Å². The first kappa shape index (κ1) is 12.8. The molecule has 4 nitrogen and oxygen atoms in total. The largest absolute Gasteiger partial charge is 0.309 e. The summed E-state index contributed by atoms with van der Waals surface area (Å²) < 4.78 is 5.87. The Hall–Kier alpha value is -1.22. The van der Waals surface area contributed by atoms with E-state index in [0.717, 1.165) is 39.0 Å². The first-order valence-corrected chi connectivity index (χ1v) is 7.51. The standard InChI is InChI=1S/C14H18N4S/c15-11-17-7-6-14(10-17)16-19-18-8-5-12-3-1-2-4-13(12)9-18/h1-4,14,16H,5-10H2. The molecule has 2 aliphatic rings. The highest BCUT2D eigenvalue weighted by Gasteiger charge is 2.23. The summed E-state index contributed by atoms with van der Waals surface area (Å²) in [6.07, 6.45) is 4.40. The van der Waals surface area contributed by atoms with Crippen LogP contribution in [0, 0.1) is 11.5 Å². The fourth-order valence-corrected chi connectivity index (χ4v) is 3.52.